The number of amides is 1. The molecule has 5 aliphatic carbocycles. The second-order valence-corrected chi connectivity index (χ2v) is 21.2. The maximum absolute atomic E-state index is 14.3. The SMILES string of the molecule is C=C(C)[C@@H]1CC[C@]2(NC(=O)CN3C[C@@H]4CC3CN4Cc3ccccc3)CC[C@]3(C)[C@H](CC[C@@H]4[C@@]5(C)CC=C(c6ccc(C(=O)O)cc6)C(C)(C)[C@@H]5CC[C@]43C)[C@@H]12. The smallest absolute Gasteiger partial charge is 0.335 e. The van der Waals surface area contributed by atoms with Crippen molar-refractivity contribution in [3.8, 4) is 0 Å². The third-order valence-corrected chi connectivity index (χ3v) is 18.5. The fourth-order valence-corrected chi connectivity index (χ4v) is 15.8. The van der Waals surface area contributed by atoms with Gasteiger partial charge < -0.3 is 10.4 Å². The van der Waals surface area contributed by atoms with Crippen molar-refractivity contribution in [2.24, 2.45) is 51.2 Å². The Morgan fingerprint density at radius 1 is 0.821 bits per heavy atom. The number of aromatic carboxylic acids is 1. The van der Waals surface area contributed by atoms with Gasteiger partial charge in [0.05, 0.1) is 12.1 Å². The second-order valence-electron chi connectivity index (χ2n) is 21.2. The predicted octanol–water partition coefficient (Wildman–Crippen LogP) is 9.86. The van der Waals surface area contributed by atoms with E-state index in [1.54, 1.807) is 12.1 Å². The summed E-state index contributed by atoms with van der Waals surface area (Å²) in [5.74, 6) is 2.08. The van der Waals surface area contributed by atoms with E-state index in [-0.39, 0.29) is 33.1 Å². The lowest BCUT2D eigenvalue weighted by Gasteiger charge is -2.72. The summed E-state index contributed by atoms with van der Waals surface area (Å²) in [5, 5.41) is 13.4. The van der Waals surface area contributed by atoms with Crippen molar-refractivity contribution >= 4 is 17.4 Å². The molecule has 6 nitrogen and oxygen atoms in total. The molecule has 6 fully saturated rings. The quantitative estimate of drug-likeness (QED) is 0.263. The van der Waals surface area contributed by atoms with E-state index in [1.807, 2.05) is 12.1 Å². The highest BCUT2D eigenvalue weighted by Gasteiger charge is 2.70. The summed E-state index contributed by atoms with van der Waals surface area (Å²) < 4.78 is 0. The lowest BCUT2D eigenvalue weighted by molar-refractivity contribution is -0.219. The first-order valence-electron chi connectivity index (χ1n) is 22.1. The van der Waals surface area contributed by atoms with E-state index in [0.717, 1.165) is 45.3 Å². The number of carbonyl (C=O) groups is 2. The summed E-state index contributed by atoms with van der Waals surface area (Å²) in [7, 11) is 0. The molecular formula is C50H67N3O3. The number of hydrogen-bond acceptors (Lipinski definition) is 4. The Kier molecular flexibility index (Phi) is 9.17. The molecule has 0 spiro atoms. The molecule has 56 heavy (non-hydrogen) atoms. The molecule has 2 bridgehead atoms. The first kappa shape index (κ1) is 38.3. The standard InChI is InChI=1S/C50H67N3O3/c1-32(2)38-19-24-50(51-43(54)31-53-30-36-27-37(53)29-52(36)28-33-11-9-8-10-12-33)26-25-48(6)40(44(38)50)17-18-42-47(5)22-20-39(34-13-15-35(16-14-34)45(55)56)46(3,4)41(47)21-23-49(42,48)7/h8-16,20,36-38,40-42,44H,1,17-19,21-31H2,2-7H3,(H,51,54)(H,55,56)/t36-,37?,38-,40+,41-,42+,44+,47-,48+,49+,50-/m0/s1. The molecule has 9 rings (SSSR count). The number of nitrogens with one attached hydrogen (secondary N) is 1. The number of benzene rings is 2. The van der Waals surface area contributed by atoms with E-state index in [9.17, 15) is 14.7 Å². The van der Waals surface area contributed by atoms with Gasteiger partial charge in [0.2, 0.25) is 5.91 Å². The van der Waals surface area contributed by atoms with Gasteiger partial charge in [0.1, 0.15) is 0 Å². The highest BCUT2D eigenvalue weighted by atomic mass is 16.4. The molecule has 11 atom stereocenters. The first-order valence-corrected chi connectivity index (χ1v) is 22.1. The second kappa shape index (κ2) is 13.4. The summed E-state index contributed by atoms with van der Waals surface area (Å²) in [6.07, 6.45) is 14.3. The minimum absolute atomic E-state index is 0.00561. The number of fused-ring (bicyclic) bond motifs is 9. The molecule has 4 saturated carbocycles. The van der Waals surface area contributed by atoms with Crippen LogP contribution < -0.4 is 5.32 Å². The number of hydrogen-bond donors (Lipinski definition) is 2. The molecule has 1 unspecified atom stereocenters. The minimum Gasteiger partial charge on any atom is -0.478 e. The minimum atomic E-state index is -0.869. The van der Waals surface area contributed by atoms with Crippen LogP contribution in [-0.2, 0) is 11.3 Å². The lowest BCUT2D eigenvalue weighted by Crippen LogP contribution is -2.68. The third-order valence-electron chi connectivity index (χ3n) is 18.5. The van der Waals surface area contributed by atoms with E-state index in [0.29, 0.717) is 53.8 Å². The summed E-state index contributed by atoms with van der Waals surface area (Å²) in [4.78, 5) is 31.0. The molecule has 1 amide bonds. The van der Waals surface area contributed by atoms with Crippen molar-refractivity contribution in [1.29, 1.82) is 0 Å². The van der Waals surface area contributed by atoms with E-state index in [4.69, 9.17) is 0 Å². The van der Waals surface area contributed by atoms with Crippen molar-refractivity contribution < 1.29 is 14.7 Å². The van der Waals surface area contributed by atoms with Crippen LogP contribution in [0.2, 0.25) is 0 Å². The fraction of sp³-hybridized carbons (Fsp3) is 0.640. The zero-order chi connectivity index (χ0) is 39.4. The van der Waals surface area contributed by atoms with Gasteiger partial charge in [-0.25, -0.2) is 4.79 Å². The Morgan fingerprint density at radius 2 is 1.54 bits per heavy atom. The lowest BCUT2D eigenvalue weighted by atomic mass is 9.33. The third kappa shape index (κ3) is 5.68. The van der Waals surface area contributed by atoms with Gasteiger partial charge in [-0.3, -0.25) is 14.6 Å². The van der Waals surface area contributed by atoms with Crippen LogP contribution >= 0.6 is 0 Å². The molecule has 6 heteroatoms. The molecule has 300 valence electrons. The Hall–Kier alpha value is -3.22. The maximum Gasteiger partial charge on any atom is 0.335 e. The molecule has 2 aromatic rings. The van der Waals surface area contributed by atoms with Crippen molar-refractivity contribution in [1.82, 2.24) is 15.1 Å². The largest absolute Gasteiger partial charge is 0.478 e. The van der Waals surface area contributed by atoms with Crippen LogP contribution in [0.25, 0.3) is 5.57 Å². The zero-order valence-electron chi connectivity index (χ0n) is 35.1. The summed E-state index contributed by atoms with van der Waals surface area (Å²) in [5.41, 5.74) is 6.11. The zero-order valence-corrected chi connectivity index (χ0v) is 35.1. The number of rotatable bonds is 8. The number of carboxylic acids is 1. The van der Waals surface area contributed by atoms with E-state index < -0.39 is 5.97 Å². The normalized spacial score (nSPS) is 41.2. The Balaban J connectivity index is 0.935. The highest BCUT2D eigenvalue weighted by Crippen LogP contribution is 2.76. The van der Waals surface area contributed by atoms with Gasteiger partial charge in [0, 0.05) is 37.3 Å². The number of carbonyl (C=O) groups excluding carboxylic acids is 1. The van der Waals surface area contributed by atoms with Gasteiger partial charge in [-0.05, 0) is 151 Å². The van der Waals surface area contributed by atoms with Crippen molar-refractivity contribution in [3.63, 3.8) is 0 Å². The number of carboxylic acid groups (broad SMARTS) is 1. The summed E-state index contributed by atoms with van der Waals surface area (Å²) in [6, 6.07) is 19.5. The number of piperazine rings is 1. The van der Waals surface area contributed by atoms with Gasteiger partial charge in [0.15, 0.2) is 0 Å². The number of allylic oxidation sites excluding steroid dienone is 3. The fourth-order valence-electron chi connectivity index (χ4n) is 15.8. The van der Waals surface area contributed by atoms with Gasteiger partial charge in [-0.15, -0.1) is 0 Å². The molecule has 0 aromatic heterocycles. The van der Waals surface area contributed by atoms with Crippen LogP contribution in [0.5, 0.6) is 0 Å². The summed E-state index contributed by atoms with van der Waals surface area (Å²) in [6.45, 7) is 23.4. The monoisotopic (exact) mass is 758 g/mol. The highest BCUT2D eigenvalue weighted by molar-refractivity contribution is 5.88. The maximum atomic E-state index is 14.3. The predicted molar refractivity (Wildman–Crippen MR) is 225 cm³/mol. The van der Waals surface area contributed by atoms with Gasteiger partial charge in [-0.1, -0.05) is 95.3 Å². The van der Waals surface area contributed by atoms with E-state index in [2.05, 4.69) is 99.6 Å². The molecule has 2 aromatic carbocycles. The Morgan fingerprint density at radius 3 is 2.21 bits per heavy atom. The van der Waals surface area contributed by atoms with Crippen LogP contribution in [0, 0.1) is 51.2 Å². The molecule has 2 aliphatic heterocycles. The average Bonchev–Trinajstić information content (AvgIpc) is 3.85. The average molecular weight is 758 g/mol. The van der Waals surface area contributed by atoms with Crippen molar-refractivity contribution in [2.75, 3.05) is 19.6 Å². The van der Waals surface area contributed by atoms with Gasteiger partial charge in [-0.2, -0.15) is 0 Å². The van der Waals surface area contributed by atoms with Crippen LogP contribution in [-0.4, -0.2) is 64.0 Å². The number of likely N-dealkylation sites (tertiary alicyclic amines) is 2. The topological polar surface area (TPSA) is 72.9 Å². The van der Waals surface area contributed by atoms with Gasteiger partial charge in [0.25, 0.3) is 0 Å². The first-order chi connectivity index (χ1) is 26.6. The van der Waals surface area contributed by atoms with Crippen molar-refractivity contribution in [3.05, 3.63) is 89.5 Å². The molecule has 7 aliphatic rings. The molecule has 2 N–H and O–H groups in total. The van der Waals surface area contributed by atoms with Crippen LogP contribution in [0.15, 0.2) is 72.8 Å². The molecule has 0 radical (unpaired) electrons. The van der Waals surface area contributed by atoms with E-state index in [1.165, 1.54) is 60.8 Å². The van der Waals surface area contributed by atoms with Crippen LogP contribution in [0.1, 0.15) is 127 Å². The summed E-state index contributed by atoms with van der Waals surface area (Å²) >= 11 is 0. The Labute approximate surface area is 336 Å². The number of nitrogens with zero attached hydrogens (tertiary/aromatic N) is 2. The van der Waals surface area contributed by atoms with Crippen molar-refractivity contribution in [2.45, 2.75) is 130 Å². The Bertz CT molecular complexity index is 1920. The van der Waals surface area contributed by atoms with Gasteiger partial charge >= 0.3 is 5.97 Å². The van der Waals surface area contributed by atoms with Crippen LogP contribution in [0.3, 0.4) is 0 Å². The van der Waals surface area contributed by atoms with Crippen LogP contribution in [0.4, 0.5) is 0 Å². The molecule has 2 saturated heterocycles. The molecular weight excluding hydrogens is 691 g/mol. The van der Waals surface area contributed by atoms with E-state index >= 15 is 0 Å². The molecule has 2 heterocycles.